The van der Waals surface area contributed by atoms with Gasteiger partial charge in [0.2, 0.25) is 5.90 Å². The quantitative estimate of drug-likeness (QED) is 0.108. The maximum atomic E-state index is 9.87. The average Bonchev–Trinajstić information content (AvgIpc) is 3.60. The molecular weight excluding hydrogens is 768 g/mol. The largest absolute Gasteiger partial charge is 1.00 e. The van der Waals surface area contributed by atoms with Crippen LogP contribution >= 0.6 is 7.81 Å². The summed E-state index contributed by atoms with van der Waals surface area (Å²) in [7, 11) is -10.7. The molecule has 0 saturated heterocycles. The first-order valence-electron chi connectivity index (χ1n) is 14.5. The van der Waals surface area contributed by atoms with Gasteiger partial charge in [0.15, 0.2) is 0 Å². The molecule has 7 rings (SSSR count). The normalized spacial score (nSPS) is 14.4. The number of phenols is 1. The van der Waals surface area contributed by atoms with E-state index in [9.17, 15) is 30.3 Å². The zero-order valence-electron chi connectivity index (χ0n) is 25.9. The number of nitrogens with zero attached hydrogens (tertiary/aromatic N) is 5. The minimum atomic E-state index is -10.7. The van der Waals surface area contributed by atoms with E-state index < -0.39 is 7.81 Å². The summed E-state index contributed by atoms with van der Waals surface area (Å²) in [6.07, 6.45) is 7.07. The molecular formula is C35H29F6N5O2PRu. The molecule has 7 nitrogen and oxygen atoms in total. The monoisotopic (exact) mass is 798 g/mol. The van der Waals surface area contributed by atoms with E-state index in [-0.39, 0.29) is 31.3 Å². The van der Waals surface area contributed by atoms with E-state index >= 15 is 0 Å². The van der Waals surface area contributed by atoms with E-state index in [2.05, 4.69) is 24.9 Å². The second-order valence-electron chi connectivity index (χ2n) is 10.0. The van der Waals surface area contributed by atoms with Gasteiger partial charge in [-0.2, -0.15) is 0 Å². The Morgan fingerprint density at radius 3 is 1.24 bits per heavy atom. The molecule has 0 aliphatic carbocycles. The van der Waals surface area contributed by atoms with Crippen molar-refractivity contribution in [3.63, 3.8) is 0 Å². The van der Waals surface area contributed by atoms with Crippen LogP contribution in [0.4, 0.5) is 25.2 Å². The topological polar surface area (TPSA) is 93.4 Å². The molecule has 4 aromatic heterocycles. The Bertz CT molecular complexity index is 1760. The summed E-state index contributed by atoms with van der Waals surface area (Å²) in [5.41, 5.74) is 5.44. The number of hydrogen-bond acceptors (Lipinski definition) is 7. The second-order valence-corrected chi connectivity index (χ2v) is 11.9. The van der Waals surface area contributed by atoms with Crippen molar-refractivity contribution < 1.29 is 54.5 Å². The van der Waals surface area contributed by atoms with E-state index in [1.54, 1.807) is 36.9 Å². The average molecular weight is 798 g/mol. The first kappa shape index (κ1) is 39.4. The molecule has 1 aliphatic rings. The Balaban J connectivity index is 0.000000188. The second kappa shape index (κ2) is 17.0. The molecule has 0 saturated carbocycles. The van der Waals surface area contributed by atoms with Gasteiger partial charge in [-0.1, -0.05) is 66.7 Å². The molecule has 1 radical (unpaired) electrons. The van der Waals surface area contributed by atoms with Crippen LogP contribution < -0.4 is 0 Å². The maximum Gasteiger partial charge on any atom is 1.00 e. The van der Waals surface area contributed by atoms with Crippen molar-refractivity contribution in [2.24, 2.45) is 4.99 Å². The van der Waals surface area contributed by atoms with Crippen LogP contribution in [-0.2, 0) is 24.2 Å². The molecule has 1 atom stereocenters. The summed E-state index contributed by atoms with van der Waals surface area (Å²) >= 11 is 0. The Morgan fingerprint density at radius 2 is 0.880 bits per heavy atom. The SMILES string of the molecule is F[P-](F)(F)(F)(F)F.Oc1ccccc1C1=N[C@@H](c2ccccc2)CO1.[Ru+].c1ccc(-c2ccccn2)nc1.c1ccc(-c2ccccn2)nc1. The maximum absolute atomic E-state index is 10.7. The number of rotatable bonds is 4. The third-order valence-corrected chi connectivity index (χ3v) is 6.15. The number of aromatic hydroxyl groups is 1. The smallest absolute Gasteiger partial charge is 0.507 e. The molecule has 0 spiro atoms. The number of aromatic nitrogens is 4. The van der Waals surface area contributed by atoms with Gasteiger partial charge in [-0.3, -0.25) is 19.9 Å². The van der Waals surface area contributed by atoms with Crippen LogP contribution in [0.5, 0.6) is 5.75 Å². The number of hydrogen-bond donors (Lipinski definition) is 1. The number of aliphatic imine (C=N–C) groups is 1. The summed E-state index contributed by atoms with van der Waals surface area (Å²) in [6, 6.07) is 40.3. The van der Waals surface area contributed by atoms with Crippen LogP contribution in [0.15, 0.2) is 157 Å². The van der Waals surface area contributed by atoms with Crippen molar-refractivity contribution in [3.05, 3.63) is 163 Å². The van der Waals surface area contributed by atoms with Gasteiger partial charge in [-0.05, 0) is 66.2 Å². The van der Waals surface area contributed by atoms with Crippen molar-refractivity contribution in [2.75, 3.05) is 6.61 Å². The van der Waals surface area contributed by atoms with E-state index in [1.807, 2.05) is 115 Å². The summed E-state index contributed by atoms with van der Waals surface area (Å²) < 4.78 is 64.8. The van der Waals surface area contributed by atoms with Gasteiger partial charge in [0.25, 0.3) is 0 Å². The summed E-state index contributed by atoms with van der Waals surface area (Å²) in [5.74, 6) is 0.715. The van der Waals surface area contributed by atoms with E-state index in [0.29, 0.717) is 18.1 Å². The van der Waals surface area contributed by atoms with Gasteiger partial charge in [0.1, 0.15) is 18.4 Å². The molecule has 50 heavy (non-hydrogen) atoms. The first-order valence-corrected chi connectivity index (χ1v) is 16.5. The number of benzene rings is 2. The van der Waals surface area contributed by atoms with Crippen molar-refractivity contribution >= 4 is 13.7 Å². The first-order chi connectivity index (χ1) is 23.2. The summed E-state index contributed by atoms with van der Waals surface area (Å²) in [6.45, 7) is 0.522. The van der Waals surface area contributed by atoms with Gasteiger partial charge in [0.05, 0.1) is 28.3 Å². The van der Waals surface area contributed by atoms with Crippen LogP contribution in [0.3, 0.4) is 0 Å². The standard InChI is InChI=1S/C15H13NO2.2C10H8N2.F6P.Ru/c17-14-9-5-4-8-12(14)15-16-13(10-18-15)11-6-2-1-3-7-11;2*1-3-7-11-9(5-1)10-6-2-4-8-12-10;1-7(2,3,4,5)6;/h1-9,13,17H,10H2;2*1-8H;;/q;;;-1;+1/t13-;;;;/m1..../s1. The molecule has 1 aliphatic heterocycles. The van der Waals surface area contributed by atoms with E-state index in [4.69, 9.17) is 4.74 Å². The number of para-hydroxylation sites is 1. The number of phenolic OH excluding ortho intramolecular Hbond substituents is 1. The van der Waals surface area contributed by atoms with Crippen molar-refractivity contribution in [2.45, 2.75) is 6.04 Å². The van der Waals surface area contributed by atoms with Crippen LogP contribution in [0.25, 0.3) is 22.8 Å². The number of halogens is 6. The number of ether oxygens (including phenoxy) is 1. The molecule has 15 heteroatoms. The fourth-order valence-corrected chi connectivity index (χ4v) is 4.08. The van der Waals surface area contributed by atoms with Crippen molar-refractivity contribution in [1.82, 2.24) is 19.9 Å². The Morgan fingerprint density at radius 1 is 0.520 bits per heavy atom. The molecule has 0 unspecified atom stereocenters. The van der Waals surface area contributed by atoms with Gasteiger partial charge in [0, 0.05) is 24.8 Å². The summed E-state index contributed by atoms with van der Waals surface area (Å²) in [5, 5.41) is 9.77. The number of pyridine rings is 4. The van der Waals surface area contributed by atoms with Crippen LogP contribution in [0.1, 0.15) is 17.2 Å². The zero-order chi connectivity index (χ0) is 35.2. The van der Waals surface area contributed by atoms with Crippen LogP contribution in [0, 0.1) is 0 Å². The predicted octanol–water partition coefficient (Wildman–Crippen LogP) is 10.6. The minimum absolute atomic E-state index is 0. The Labute approximate surface area is 296 Å². The fourth-order valence-electron chi connectivity index (χ4n) is 4.08. The predicted molar refractivity (Wildman–Crippen MR) is 178 cm³/mol. The van der Waals surface area contributed by atoms with Crippen molar-refractivity contribution in [3.8, 4) is 28.5 Å². The third kappa shape index (κ3) is 15.0. The molecule has 0 fully saturated rings. The molecule has 261 valence electrons. The van der Waals surface area contributed by atoms with E-state index in [0.717, 1.165) is 28.3 Å². The fraction of sp³-hybridized carbons (Fsp3) is 0.0571. The molecule has 0 bridgehead atoms. The molecule has 6 aromatic rings. The van der Waals surface area contributed by atoms with Gasteiger partial charge >= 0.3 is 52.5 Å². The molecule has 5 heterocycles. The molecule has 0 amide bonds. The zero-order valence-corrected chi connectivity index (χ0v) is 28.5. The van der Waals surface area contributed by atoms with Gasteiger partial charge in [-0.15, -0.1) is 0 Å². The Kier molecular flexibility index (Phi) is 13.4. The van der Waals surface area contributed by atoms with Crippen LogP contribution in [0.2, 0.25) is 0 Å². The van der Waals surface area contributed by atoms with E-state index in [1.165, 1.54) is 0 Å². The van der Waals surface area contributed by atoms with Gasteiger partial charge in [-0.25, -0.2) is 4.99 Å². The molecule has 2 aromatic carbocycles. The molecule has 1 N–H and O–H groups in total. The van der Waals surface area contributed by atoms with Gasteiger partial charge < -0.3 is 9.84 Å². The van der Waals surface area contributed by atoms with Crippen molar-refractivity contribution in [1.29, 1.82) is 0 Å². The van der Waals surface area contributed by atoms with Crippen LogP contribution in [-0.4, -0.2) is 37.5 Å². The summed E-state index contributed by atoms with van der Waals surface area (Å²) in [4.78, 5) is 21.3. The Hall–Kier alpha value is -5.06. The minimum Gasteiger partial charge on any atom is -0.507 e. The third-order valence-electron chi connectivity index (χ3n) is 6.15.